The van der Waals surface area contributed by atoms with Crippen molar-refractivity contribution in [1.29, 1.82) is 0 Å². The molecule has 0 saturated heterocycles. The van der Waals surface area contributed by atoms with E-state index >= 15 is 0 Å². The van der Waals surface area contributed by atoms with E-state index in [0.717, 1.165) is 11.3 Å². The normalized spacial score (nSPS) is 12.3. The minimum Gasteiger partial charge on any atom is -0.496 e. The van der Waals surface area contributed by atoms with Gasteiger partial charge in [-0.3, -0.25) is 4.79 Å². The third-order valence-corrected chi connectivity index (χ3v) is 3.01. The number of nitrogens with two attached hydrogens (primary N) is 1. The van der Waals surface area contributed by atoms with E-state index < -0.39 is 0 Å². The molecule has 1 rings (SSSR count). The Labute approximate surface area is 109 Å². The number of benzene rings is 1. The number of ether oxygens (including phenoxy) is 1. The molecule has 0 saturated carbocycles. The van der Waals surface area contributed by atoms with Crippen LogP contribution < -0.4 is 15.8 Å². The van der Waals surface area contributed by atoms with E-state index in [1.54, 1.807) is 14.2 Å². The Balaban J connectivity index is 2.97. The zero-order valence-corrected chi connectivity index (χ0v) is 11.5. The molecule has 1 aromatic carbocycles. The van der Waals surface area contributed by atoms with Crippen LogP contribution in [0.2, 0.25) is 0 Å². The van der Waals surface area contributed by atoms with Crippen molar-refractivity contribution in [2.45, 2.75) is 32.2 Å². The van der Waals surface area contributed by atoms with Crippen LogP contribution in [-0.4, -0.2) is 20.1 Å². The lowest BCUT2D eigenvalue weighted by molar-refractivity contribution is -0.120. The van der Waals surface area contributed by atoms with Gasteiger partial charge in [0.1, 0.15) is 5.75 Å². The zero-order valence-electron chi connectivity index (χ0n) is 11.5. The summed E-state index contributed by atoms with van der Waals surface area (Å²) in [5.41, 5.74) is 8.10. The highest BCUT2D eigenvalue weighted by molar-refractivity contribution is 5.76. The third kappa shape index (κ3) is 3.47. The summed E-state index contributed by atoms with van der Waals surface area (Å²) in [7, 11) is 3.23. The Kier molecular flexibility index (Phi) is 5.16. The van der Waals surface area contributed by atoms with Crippen LogP contribution in [0, 0.1) is 0 Å². The summed E-state index contributed by atoms with van der Waals surface area (Å²) in [5.74, 6) is 1.11. The number of hydrogen-bond donors (Lipinski definition) is 2. The first kappa shape index (κ1) is 14.5. The molecule has 0 heterocycles. The molecule has 0 aliphatic heterocycles. The van der Waals surface area contributed by atoms with Gasteiger partial charge in [0.2, 0.25) is 5.91 Å². The van der Waals surface area contributed by atoms with Gasteiger partial charge in [0.15, 0.2) is 0 Å². The van der Waals surface area contributed by atoms with Crippen LogP contribution >= 0.6 is 0 Å². The van der Waals surface area contributed by atoms with Gasteiger partial charge in [-0.2, -0.15) is 0 Å². The lowest BCUT2D eigenvalue weighted by Crippen LogP contribution is -2.24. The van der Waals surface area contributed by atoms with Gasteiger partial charge in [-0.05, 0) is 17.5 Å². The number of amides is 1. The number of methoxy groups -OCH3 is 1. The molecule has 4 heteroatoms. The second-order valence-electron chi connectivity index (χ2n) is 4.64. The van der Waals surface area contributed by atoms with E-state index in [9.17, 15) is 4.79 Å². The Morgan fingerprint density at radius 1 is 1.44 bits per heavy atom. The molecule has 0 aliphatic rings. The summed E-state index contributed by atoms with van der Waals surface area (Å²) < 4.78 is 5.36. The van der Waals surface area contributed by atoms with Gasteiger partial charge in [0, 0.05) is 25.1 Å². The van der Waals surface area contributed by atoms with Crippen molar-refractivity contribution < 1.29 is 9.53 Å². The number of carbonyl (C=O) groups is 1. The highest BCUT2D eigenvalue weighted by Crippen LogP contribution is 2.29. The van der Waals surface area contributed by atoms with Crippen LogP contribution in [0.5, 0.6) is 5.75 Å². The largest absolute Gasteiger partial charge is 0.496 e. The third-order valence-electron chi connectivity index (χ3n) is 3.01. The van der Waals surface area contributed by atoms with E-state index in [2.05, 4.69) is 19.2 Å². The van der Waals surface area contributed by atoms with Gasteiger partial charge in [-0.15, -0.1) is 0 Å². The monoisotopic (exact) mass is 250 g/mol. The van der Waals surface area contributed by atoms with Crippen LogP contribution in [0.4, 0.5) is 0 Å². The van der Waals surface area contributed by atoms with Gasteiger partial charge in [0.05, 0.1) is 7.11 Å². The average molecular weight is 250 g/mol. The average Bonchev–Trinajstić information content (AvgIpc) is 2.37. The van der Waals surface area contributed by atoms with E-state index in [0.29, 0.717) is 5.92 Å². The first-order valence-corrected chi connectivity index (χ1v) is 6.13. The summed E-state index contributed by atoms with van der Waals surface area (Å²) in [6, 6.07) is 5.62. The molecule has 0 aliphatic carbocycles. The summed E-state index contributed by atoms with van der Waals surface area (Å²) in [4.78, 5) is 11.3. The first-order valence-electron chi connectivity index (χ1n) is 6.13. The van der Waals surface area contributed by atoms with Crippen LogP contribution in [0.15, 0.2) is 18.2 Å². The molecule has 100 valence electrons. The fraction of sp³-hybridized carbons (Fsp3) is 0.500. The predicted octanol–water partition coefficient (Wildman–Crippen LogP) is 1.95. The zero-order chi connectivity index (χ0) is 13.7. The Bertz CT molecular complexity index is 416. The topological polar surface area (TPSA) is 64.4 Å². The van der Waals surface area contributed by atoms with Crippen molar-refractivity contribution in [3.8, 4) is 5.75 Å². The molecule has 1 aromatic rings. The van der Waals surface area contributed by atoms with Crippen LogP contribution in [-0.2, 0) is 4.79 Å². The van der Waals surface area contributed by atoms with E-state index in [4.69, 9.17) is 10.5 Å². The Morgan fingerprint density at radius 3 is 2.61 bits per heavy atom. The molecule has 1 unspecified atom stereocenters. The van der Waals surface area contributed by atoms with Crippen molar-refractivity contribution in [2.24, 2.45) is 5.73 Å². The highest BCUT2D eigenvalue weighted by atomic mass is 16.5. The standard InChI is InChI=1S/C14H22N2O2/c1-9(2)10-5-6-11(13(7-10)18-4)12(15)8-14(17)16-3/h5-7,9,12H,8,15H2,1-4H3,(H,16,17). The molecular formula is C14H22N2O2. The lowest BCUT2D eigenvalue weighted by atomic mass is 9.97. The predicted molar refractivity (Wildman–Crippen MR) is 72.7 cm³/mol. The van der Waals surface area contributed by atoms with Gasteiger partial charge in [-0.1, -0.05) is 26.0 Å². The minimum atomic E-state index is -0.346. The van der Waals surface area contributed by atoms with Crippen molar-refractivity contribution in [3.63, 3.8) is 0 Å². The first-order chi connectivity index (χ1) is 8.49. The molecule has 0 radical (unpaired) electrons. The molecule has 3 N–H and O–H groups in total. The minimum absolute atomic E-state index is 0.0718. The maximum atomic E-state index is 11.3. The number of nitrogens with one attached hydrogen (secondary N) is 1. The second-order valence-corrected chi connectivity index (χ2v) is 4.64. The molecular weight excluding hydrogens is 228 g/mol. The van der Waals surface area contributed by atoms with Crippen LogP contribution in [0.25, 0.3) is 0 Å². The Morgan fingerprint density at radius 2 is 2.11 bits per heavy atom. The van der Waals surface area contributed by atoms with E-state index in [1.165, 1.54) is 5.56 Å². The molecule has 18 heavy (non-hydrogen) atoms. The summed E-state index contributed by atoms with van der Waals surface area (Å²) in [6.45, 7) is 4.25. The fourth-order valence-corrected chi connectivity index (χ4v) is 1.80. The molecule has 1 atom stereocenters. The number of rotatable bonds is 5. The smallest absolute Gasteiger partial charge is 0.221 e. The van der Waals surface area contributed by atoms with Crippen molar-refractivity contribution in [1.82, 2.24) is 5.32 Å². The van der Waals surface area contributed by atoms with Crippen molar-refractivity contribution in [3.05, 3.63) is 29.3 Å². The van der Waals surface area contributed by atoms with Gasteiger partial charge < -0.3 is 15.8 Å². The quantitative estimate of drug-likeness (QED) is 0.839. The number of carbonyl (C=O) groups excluding carboxylic acids is 1. The van der Waals surface area contributed by atoms with E-state index in [-0.39, 0.29) is 18.4 Å². The SMILES string of the molecule is CNC(=O)CC(N)c1ccc(C(C)C)cc1OC. The van der Waals surface area contributed by atoms with Gasteiger partial charge in [0.25, 0.3) is 0 Å². The molecule has 0 fully saturated rings. The molecule has 1 amide bonds. The maximum absolute atomic E-state index is 11.3. The summed E-state index contributed by atoms with van der Waals surface area (Å²) in [6.07, 6.45) is 0.258. The molecule has 0 spiro atoms. The Hall–Kier alpha value is -1.55. The molecule has 0 aromatic heterocycles. The van der Waals surface area contributed by atoms with Crippen molar-refractivity contribution >= 4 is 5.91 Å². The van der Waals surface area contributed by atoms with Gasteiger partial charge >= 0.3 is 0 Å². The van der Waals surface area contributed by atoms with Crippen LogP contribution in [0.3, 0.4) is 0 Å². The van der Waals surface area contributed by atoms with Crippen molar-refractivity contribution in [2.75, 3.05) is 14.2 Å². The lowest BCUT2D eigenvalue weighted by Gasteiger charge is -2.17. The summed E-state index contributed by atoms with van der Waals surface area (Å²) >= 11 is 0. The van der Waals surface area contributed by atoms with Crippen LogP contribution in [0.1, 0.15) is 43.4 Å². The number of hydrogen-bond acceptors (Lipinski definition) is 3. The summed E-state index contributed by atoms with van der Waals surface area (Å²) in [5, 5.41) is 2.57. The molecule has 4 nitrogen and oxygen atoms in total. The van der Waals surface area contributed by atoms with E-state index in [1.807, 2.05) is 18.2 Å². The molecule has 0 bridgehead atoms. The fourth-order valence-electron chi connectivity index (χ4n) is 1.80. The highest BCUT2D eigenvalue weighted by Gasteiger charge is 2.16. The van der Waals surface area contributed by atoms with Gasteiger partial charge in [-0.25, -0.2) is 0 Å². The maximum Gasteiger partial charge on any atom is 0.221 e. The second kappa shape index (κ2) is 6.40.